The van der Waals surface area contributed by atoms with E-state index < -0.39 is 0 Å². The standard InChI is InChI=1S/C10H20O3S/c1-3-6-12-9(2)4-7-13-10(11)5-8-14/h9,14H,3-8H2,1-2H3. The lowest BCUT2D eigenvalue weighted by molar-refractivity contribution is -0.143. The highest BCUT2D eigenvalue weighted by Crippen LogP contribution is 1.99. The predicted molar refractivity (Wildman–Crippen MR) is 59.8 cm³/mol. The molecular formula is C10H20O3S. The second-order valence-corrected chi connectivity index (χ2v) is 3.61. The zero-order valence-electron chi connectivity index (χ0n) is 8.99. The number of hydrogen-bond acceptors (Lipinski definition) is 4. The highest BCUT2D eigenvalue weighted by molar-refractivity contribution is 7.80. The maximum absolute atomic E-state index is 10.9. The maximum atomic E-state index is 10.9. The summed E-state index contributed by atoms with van der Waals surface area (Å²) in [5.41, 5.74) is 0. The molecule has 0 saturated carbocycles. The van der Waals surface area contributed by atoms with Crippen LogP contribution in [0.2, 0.25) is 0 Å². The van der Waals surface area contributed by atoms with Gasteiger partial charge >= 0.3 is 5.97 Å². The molecule has 0 aromatic rings. The third kappa shape index (κ3) is 8.38. The van der Waals surface area contributed by atoms with E-state index in [0.717, 1.165) is 19.4 Å². The van der Waals surface area contributed by atoms with E-state index in [1.165, 1.54) is 0 Å². The van der Waals surface area contributed by atoms with Crippen LogP contribution in [0.5, 0.6) is 0 Å². The molecule has 0 aliphatic carbocycles. The molecule has 0 rings (SSSR count). The first-order chi connectivity index (χ1) is 6.70. The summed E-state index contributed by atoms with van der Waals surface area (Å²) in [5.74, 6) is 0.364. The minimum Gasteiger partial charge on any atom is -0.466 e. The Morgan fingerprint density at radius 3 is 2.71 bits per heavy atom. The lowest BCUT2D eigenvalue weighted by Gasteiger charge is -2.12. The molecule has 0 N–H and O–H groups in total. The summed E-state index contributed by atoms with van der Waals surface area (Å²) in [6.07, 6.45) is 2.33. The summed E-state index contributed by atoms with van der Waals surface area (Å²) >= 11 is 3.94. The first-order valence-corrected chi connectivity index (χ1v) is 5.72. The molecule has 0 aromatic carbocycles. The predicted octanol–water partition coefficient (Wildman–Crippen LogP) is 2.05. The van der Waals surface area contributed by atoms with Crippen LogP contribution in [-0.2, 0) is 14.3 Å². The topological polar surface area (TPSA) is 35.5 Å². The van der Waals surface area contributed by atoms with Crippen molar-refractivity contribution in [2.45, 2.75) is 39.2 Å². The normalized spacial score (nSPS) is 12.5. The second-order valence-electron chi connectivity index (χ2n) is 3.16. The van der Waals surface area contributed by atoms with Crippen molar-refractivity contribution in [1.29, 1.82) is 0 Å². The molecule has 1 unspecified atom stereocenters. The van der Waals surface area contributed by atoms with Crippen LogP contribution in [0.25, 0.3) is 0 Å². The Kier molecular flexibility index (Phi) is 9.19. The molecule has 4 heteroatoms. The van der Waals surface area contributed by atoms with Crippen LogP contribution in [0.3, 0.4) is 0 Å². The Hall–Kier alpha value is -0.220. The molecule has 0 amide bonds. The van der Waals surface area contributed by atoms with Gasteiger partial charge in [-0.2, -0.15) is 12.6 Å². The number of esters is 1. The third-order valence-corrected chi connectivity index (χ3v) is 1.93. The molecule has 0 aliphatic rings. The average Bonchev–Trinajstić information content (AvgIpc) is 2.15. The van der Waals surface area contributed by atoms with E-state index in [2.05, 4.69) is 19.6 Å². The van der Waals surface area contributed by atoms with E-state index in [1.54, 1.807) is 0 Å². The van der Waals surface area contributed by atoms with Crippen LogP contribution in [0, 0.1) is 0 Å². The van der Waals surface area contributed by atoms with Crippen molar-refractivity contribution in [2.24, 2.45) is 0 Å². The number of carbonyl (C=O) groups excluding carboxylic acids is 1. The molecule has 0 aromatic heterocycles. The summed E-state index contributed by atoms with van der Waals surface area (Å²) in [7, 11) is 0. The minimum atomic E-state index is -0.178. The van der Waals surface area contributed by atoms with E-state index in [4.69, 9.17) is 9.47 Å². The van der Waals surface area contributed by atoms with Crippen molar-refractivity contribution in [1.82, 2.24) is 0 Å². The zero-order chi connectivity index (χ0) is 10.8. The van der Waals surface area contributed by atoms with Crippen molar-refractivity contribution in [2.75, 3.05) is 19.0 Å². The molecule has 0 aliphatic heterocycles. The summed E-state index contributed by atoms with van der Waals surface area (Å²) in [4.78, 5) is 10.9. The van der Waals surface area contributed by atoms with Gasteiger partial charge in [0.05, 0.1) is 19.1 Å². The number of ether oxygens (including phenoxy) is 2. The summed E-state index contributed by atoms with van der Waals surface area (Å²) in [6, 6.07) is 0. The molecule has 1 atom stereocenters. The molecule has 14 heavy (non-hydrogen) atoms. The largest absolute Gasteiger partial charge is 0.466 e. The molecule has 0 heterocycles. The van der Waals surface area contributed by atoms with Crippen LogP contribution >= 0.6 is 12.6 Å². The van der Waals surface area contributed by atoms with E-state index >= 15 is 0 Å². The Labute approximate surface area is 91.6 Å². The fourth-order valence-corrected chi connectivity index (χ4v) is 1.09. The van der Waals surface area contributed by atoms with Gasteiger partial charge < -0.3 is 9.47 Å². The molecule has 84 valence electrons. The Morgan fingerprint density at radius 2 is 2.14 bits per heavy atom. The van der Waals surface area contributed by atoms with Gasteiger partial charge in [-0.1, -0.05) is 6.92 Å². The first-order valence-electron chi connectivity index (χ1n) is 5.08. The molecule has 0 spiro atoms. The SMILES string of the molecule is CCCOC(C)CCOC(=O)CCS. The number of carbonyl (C=O) groups is 1. The van der Waals surface area contributed by atoms with Crippen molar-refractivity contribution in [3.63, 3.8) is 0 Å². The van der Waals surface area contributed by atoms with Gasteiger partial charge in [0.15, 0.2) is 0 Å². The zero-order valence-corrected chi connectivity index (χ0v) is 9.89. The third-order valence-electron chi connectivity index (χ3n) is 1.71. The smallest absolute Gasteiger partial charge is 0.306 e. The highest BCUT2D eigenvalue weighted by Gasteiger charge is 2.04. The van der Waals surface area contributed by atoms with Gasteiger partial charge in [0.1, 0.15) is 0 Å². The van der Waals surface area contributed by atoms with E-state index in [9.17, 15) is 4.79 Å². The monoisotopic (exact) mass is 220 g/mol. The Balaban J connectivity index is 3.29. The fraction of sp³-hybridized carbons (Fsp3) is 0.900. The fourth-order valence-electron chi connectivity index (χ4n) is 0.905. The molecule has 0 saturated heterocycles. The minimum absolute atomic E-state index is 0.166. The number of rotatable bonds is 8. The molecule has 0 bridgehead atoms. The summed E-state index contributed by atoms with van der Waals surface area (Å²) in [6.45, 7) is 5.27. The molecule has 3 nitrogen and oxygen atoms in total. The van der Waals surface area contributed by atoms with Gasteiger partial charge in [-0.3, -0.25) is 4.79 Å². The lowest BCUT2D eigenvalue weighted by Crippen LogP contribution is -2.14. The van der Waals surface area contributed by atoms with Crippen molar-refractivity contribution in [3.05, 3.63) is 0 Å². The molecule has 0 fully saturated rings. The average molecular weight is 220 g/mol. The quantitative estimate of drug-likeness (QED) is 0.502. The van der Waals surface area contributed by atoms with Crippen molar-refractivity contribution < 1.29 is 14.3 Å². The van der Waals surface area contributed by atoms with Crippen molar-refractivity contribution >= 4 is 18.6 Å². The van der Waals surface area contributed by atoms with Crippen LogP contribution in [-0.4, -0.2) is 31.0 Å². The van der Waals surface area contributed by atoms with E-state index in [-0.39, 0.29) is 12.1 Å². The van der Waals surface area contributed by atoms with Crippen LogP contribution < -0.4 is 0 Å². The Bertz CT molecular complexity index is 150. The van der Waals surface area contributed by atoms with Gasteiger partial charge in [-0.05, 0) is 13.3 Å². The van der Waals surface area contributed by atoms with Crippen LogP contribution in [0.4, 0.5) is 0 Å². The van der Waals surface area contributed by atoms with Crippen molar-refractivity contribution in [3.8, 4) is 0 Å². The number of thiol groups is 1. The Morgan fingerprint density at radius 1 is 1.43 bits per heavy atom. The highest BCUT2D eigenvalue weighted by atomic mass is 32.1. The summed E-state index contributed by atoms with van der Waals surface area (Å²) < 4.78 is 10.4. The van der Waals surface area contributed by atoms with E-state index in [1.807, 2.05) is 6.92 Å². The van der Waals surface area contributed by atoms with Gasteiger partial charge in [0.25, 0.3) is 0 Å². The lowest BCUT2D eigenvalue weighted by atomic mass is 10.3. The maximum Gasteiger partial charge on any atom is 0.306 e. The first kappa shape index (κ1) is 13.8. The van der Waals surface area contributed by atoms with Gasteiger partial charge in [-0.15, -0.1) is 0 Å². The van der Waals surface area contributed by atoms with Crippen LogP contribution in [0.1, 0.15) is 33.1 Å². The van der Waals surface area contributed by atoms with Crippen LogP contribution in [0.15, 0.2) is 0 Å². The second kappa shape index (κ2) is 9.34. The summed E-state index contributed by atoms with van der Waals surface area (Å²) in [5, 5.41) is 0. The van der Waals surface area contributed by atoms with E-state index in [0.29, 0.717) is 18.8 Å². The van der Waals surface area contributed by atoms with Gasteiger partial charge in [0.2, 0.25) is 0 Å². The molecular weight excluding hydrogens is 200 g/mol. The van der Waals surface area contributed by atoms with Gasteiger partial charge in [0, 0.05) is 18.8 Å². The van der Waals surface area contributed by atoms with Gasteiger partial charge in [-0.25, -0.2) is 0 Å². The number of hydrogen-bond donors (Lipinski definition) is 1. The molecule has 0 radical (unpaired) electrons.